The number of methoxy groups -OCH3 is 1. The molecule has 0 saturated heterocycles. The van der Waals surface area contributed by atoms with Crippen molar-refractivity contribution in [3.8, 4) is 5.75 Å². The van der Waals surface area contributed by atoms with Crippen LogP contribution in [0.4, 0.5) is 5.69 Å². The molecule has 106 valence electrons. The summed E-state index contributed by atoms with van der Waals surface area (Å²) < 4.78 is 7.05. The van der Waals surface area contributed by atoms with Crippen molar-refractivity contribution in [1.82, 2.24) is 9.78 Å². The van der Waals surface area contributed by atoms with Crippen molar-refractivity contribution in [2.45, 2.75) is 27.3 Å². The van der Waals surface area contributed by atoms with Crippen LogP contribution in [0, 0.1) is 13.8 Å². The summed E-state index contributed by atoms with van der Waals surface area (Å²) in [6.45, 7) is 6.59. The number of nitrogens with one attached hydrogen (secondary N) is 1. The fourth-order valence-electron chi connectivity index (χ4n) is 2.10. The van der Waals surface area contributed by atoms with Gasteiger partial charge in [-0.05, 0) is 38.5 Å². The van der Waals surface area contributed by atoms with Crippen molar-refractivity contribution in [3.63, 3.8) is 0 Å². The van der Waals surface area contributed by atoms with Crippen LogP contribution in [0.15, 0.2) is 24.4 Å². The summed E-state index contributed by atoms with van der Waals surface area (Å²) in [5.41, 5.74) is 3.16. The van der Waals surface area contributed by atoms with Gasteiger partial charge < -0.3 is 10.1 Å². The molecule has 2 rings (SSSR count). The van der Waals surface area contributed by atoms with Gasteiger partial charge in [0.1, 0.15) is 5.75 Å². The molecule has 0 saturated carbocycles. The molecule has 1 heterocycles. The Labute approximate surface area is 118 Å². The molecular formula is C15H19N3O2. The van der Waals surface area contributed by atoms with E-state index in [1.807, 2.05) is 39.0 Å². The standard InChI is InChI=1S/C15H19N3O2/c1-5-18-11(3)12(9-16-18)15(19)17-13-8-10(2)6-7-14(13)20-4/h6-9H,5H2,1-4H3,(H,17,19). The van der Waals surface area contributed by atoms with Gasteiger partial charge in [0.25, 0.3) is 5.91 Å². The van der Waals surface area contributed by atoms with Gasteiger partial charge >= 0.3 is 0 Å². The topological polar surface area (TPSA) is 56.2 Å². The van der Waals surface area contributed by atoms with Gasteiger partial charge in [-0.1, -0.05) is 6.07 Å². The highest BCUT2D eigenvalue weighted by Crippen LogP contribution is 2.26. The van der Waals surface area contributed by atoms with E-state index in [4.69, 9.17) is 4.74 Å². The third kappa shape index (κ3) is 2.66. The zero-order valence-corrected chi connectivity index (χ0v) is 12.2. The molecule has 5 nitrogen and oxygen atoms in total. The molecule has 0 spiro atoms. The summed E-state index contributed by atoms with van der Waals surface area (Å²) in [4.78, 5) is 12.3. The number of amides is 1. The lowest BCUT2D eigenvalue weighted by molar-refractivity contribution is 0.102. The van der Waals surface area contributed by atoms with E-state index < -0.39 is 0 Å². The molecule has 1 aromatic carbocycles. The first-order valence-corrected chi connectivity index (χ1v) is 6.55. The Morgan fingerprint density at radius 3 is 2.75 bits per heavy atom. The maximum absolute atomic E-state index is 12.3. The van der Waals surface area contributed by atoms with E-state index >= 15 is 0 Å². The summed E-state index contributed by atoms with van der Waals surface area (Å²) in [5, 5.41) is 7.06. The van der Waals surface area contributed by atoms with Crippen LogP contribution in [-0.4, -0.2) is 22.8 Å². The molecule has 5 heteroatoms. The van der Waals surface area contributed by atoms with Gasteiger partial charge in [-0.3, -0.25) is 9.48 Å². The van der Waals surface area contributed by atoms with Crippen LogP contribution in [0.1, 0.15) is 28.5 Å². The van der Waals surface area contributed by atoms with Gasteiger partial charge in [0, 0.05) is 12.2 Å². The normalized spacial score (nSPS) is 10.4. The Morgan fingerprint density at radius 2 is 2.15 bits per heavy atom. The quantitative estimate of drug-likeness (QED) is 0.932. The summed E-state index contributed by atoms with van der Waals surface area (Å²) in [7, 11) is 1.58. The molecule has 0 aliphatic heterocycles. The predicted molar refractivity (Wildman–Crippen MR) is 78.3 cm³/mol. The van der Waals surface area contributed by atoms with E-state index in [0.29, 0.717) is 17.0 Å². The molecule has 0 radical (unpaired) electrons. The molecule has 0 aliphatic carbocycles. The molecule has 0 atom stereocenters. The van der Waals surface area contributed by atoms with Gasteiger partial charge in [-0.15, -0.1) is 0 Å². The second-order valence-corrected chi connectivity index (χ2v) is 4.62. The smallest absolute Gasteiger partial charge is 0.259 e. The van der Waals surface area contributed by atoms with Gasteiger partial charge in [-0.25, -0.2) is 0 Å². The SMILES string of the molecule is CCn1ncc(C(=O)Nc2cc(C)ccc2OC)c1C. The molecular weight excluding hydrogens is 254 g/mol. The number of rotatable bonds is 4. The summed E-state index contributed by atoms with van der Waals surface area (Å²) in [6.07, 6.45) is 1.59. The van der Waals surface area contributed by atoms with E-state index in [2.05, 4.69) is 10.4 Å². The predicted octanol–water partition coefficient (Wildman–Crippen LogP) is 2.78. The van der Waals surface area contributed by atoms with Crippen LogP contribution in [-0.2, 0) is 6.54 Å². The van der Waals surface area contributed by atoms with E-state index in [0.717, 1.165) is 17.8 Å². The number of ether oxygens (including phenoxy) is 1. The zero-order valence-electron chi connectivity index (χ0n) is 12.2. The average Bonchev–Trinajstić information content (AvgIpc) is 2.80. The van der Waals surface area contributed by atoms with Gasteiger partial charge in [0.2, 0.25) is 0 Å². The van der Waals surface area contributed by atoms with E-state index in [-0.39, 0.29) is 5.91 Å². The van der Waals surface area contributed by atoms with E-state index in [9.17, 15) is 4.79 Å². The zero-order chi connectivity index (χ0) is 14.7. The molecule has 0 fully saturated rings. The van der Waals surface area contributed by atoms with Crippen molar-refractivity contribution < 1.29 is 9.53 Å². The lowest BCUT2D eigenvalue weighted by atomic mass is 10.2. The van der Waals surface area contributed by atoms with Crippen LogP contribution >= 0.6 is 0 Å². The highest BCUT2D eigenvalue weighted by atomic mass is 16.5. The molecule has 1 amide bonds. The molecule has 0 aliphatic rings. The first-order chi connectivity index (χ1) is 9.56. The van der Waals surface area contributed by atoms with E-state index in [1.165, 1.54) is 0 Å². The number of aromatic nitrogens is 2. The van der Waals surface area contributed by atoms with Gasteiger partial charge in [0.05, 0.1) is 24.6 Å². The minimum Gasteiger partial charge on any atom is -0.495 e. The molecule has 20 heavy (non-hydrogen) atoms. The second kappa shape index (κ2) is 5.77. The van der Waals surface area contributed by atoms with Gasteiger partial charge in [0.15, 0.2) is 0 Å². The third-order valence-corrected chi connectivity index (χ3v) is 3.25. The molecule has 1 N–H and O–H groups in total. The van der Waals surface area contributed by atoms with Gasteiger partial charge in [-0.2, -0.15) is 5.10 Å². The lowest BCUT2D eigenvalue weighted by Gasteiger charge is -2.11. The highest BCUT2D eigenvalue weighted by molar-refractivity contribution is 6.05. The fourth-order valence-corrected chi connectivity index (χ4v) is 2.10. The number of hydrogen-bond donors (Lipinski definition) is 1. The van der Waals surface area contributed by atoms with Crippen LogP contribution in [0.25, 0.3) is 0 Å². The lowest BCUT2D eigenvalue weighted by Crippen LogP contribution is -2.14. The Kier molecular flexibility index (Phi) is 4.08. The van der Waals surface area contributed by atoms with Crippen molar-refractivity contribution in [2.75, 3.05) is 12.4 Å². The van der Waals surface area contributed by atoms with Crippen molar-refractivity contribution in [3.05, 3.63) is 41.2 Å². The minimum atomic E-state index is -0.175. The summed E-state index contributed by atoms with van der Waals surface area (Å²) in [5.74, 6) is 0.468. The van der Waals surface area contributed by atoms with Crippen LogP contribution < -0.4 is 10.1 Å². The monoisotopic (exact) mass is 273 g/mol. The Balaban J connectivity index is 2.27. The Morgan fingerprint density at radius 1 is 1.40 bits per heavy atom. The average molecular weight is 273 g/mol. The number of anilines is 1. The third-order valence-electron chi connectivity index (χ3n) is 3.25. The number of nitrogens with zero attached hydrogens (tertiary/aromatic N) is 2. The number of hydrogen-bond acceptors (Lipinski definition) is 3. The summed E-state index contributed by atoms with van der Waals surface area (Å²) >= 11 is 0. The maximum atomic E-state index is 12.3. The van der Waals surface area contributed by atoms with Crippen molar-refractivity contribution in [1.29, 1.82) is 0 Å². The first-order valence-electron chi connectivity index (χ1n) is 6.55. The number of carbonyl (C=O) groups excluding carboxylic acids is 1. The fraction of sp³-hybridized carbons (Fsp3) is 0.333. The van der Waals surface area contributed by atoms with Crippen LogP contribution in [0.2, 0.25) is 0 Å². The summed E-state index contributed by atoms with van der Waals surface area (Å²) in [6, 6.07) is 5.67. The van der Waals surface area contributed by atoms with Crippen molar-refractivity contribution in [2.24, 2.45) is 0 Å². The number of carbonyl (C=O) groups is 1. The van der Waals surface area contributed by atoms with Crippen molar-refractivity contribution >= 4 is 11.6 Å². The van der Waals surface area contributed by atoms with Crippen LogP contribution in [0.5, 0.6) is 5.75 Å². The largest absolute Gasteiger partial charge is 0.495 e. The molecule has 2 aromatic rings. The second-order valence-electron chi connectivity index (χ2n) is 4.62. The van der Waals surface area contributed by atoms with Crippen LogP contribution in [0.3, 0.4) is 0 Å². The van der Waals surface area contributed by atoms with E-state index in [1.54, 1.807) is 18.0 Å². The number of benzene rings is 1. The number of aryl methyl sites for hydroxylation is 2. The Hall–Kier alpha value is -2.30. The molecule has 1 aromatic heterocycles. The Bertz CT molecular complexity index is 632. The minimum absolute atomic E-state index is 0.175. The maximum Gasteiger partial charge on any atom is 0.259 e. The highest BCUT2D eigenvalue weighted by Gasteiger charge is 2.15. The molecule has 0 unspecified atom stereocenters. The first kappa shape index (κ1) is 14.1. The molecule has 0 bridgehead atoms.